The lowest BCUT2D eigenvalue weighted by atomic mass is 10.0. The van der Waals surface area contributed by atoms with Crippen LogP contribution in [0.25, 0.3) is 10.4 Å². The van der Waals surface area contributed by atoms with E-state index in [4.69, 9.17) is 34.0 Å². The van der Waals surface area contributed by atoms with Gasteiger partial charge in [-0.25, -0.2) is 9.48 Å². The number of amides is 6. The Bertz CT molecular complexity index is 3080. The Morgan fingerprint density at radius 1 is 0.705 bits per heavy atom. The average Bonchev–Trinajstić information content (AvgIpc) is 4.24. The van der Waals surface area contributed by atoms with Crippen molar-refractivity contribution in [1.82, 2.24) is 46.9 Å². The van der Waals surface area contributed by atoms with Crippen LogP contribution in [0.5, 0.6) is 5.75 Å². The van der Waals surface area contributed by atoms with E-state index in [-0.39, 0.29) is 84.2 Å². The Hall–Kier alpha value is -8.34. The van der Waals surface area contributed by atoms with Crippen LogP contribution < -0.4 is 31.9 Å². The number of phenols is 1. The average molecular weight is 1230 g/mol. The third kappa shape index (κ3) is 23.7. The van der Waals surface area contributed by atoms with E-state index >= 15 is 0 Å². The fraction of sp³-hybridized carbons (Fsp3) is 0.467. The number of benzene rings is 4. The third-order valence-corrected chi connectivity index (χ3v) is 15.3. The highest BCUT2D eigenvalue weighted by molar-refractivity contribution is 8.00. The van der Waals surface area contributed by atoms with Gasteiger partial charge in [-0.15, -0.1) is 10.2 Å². The van der Waals surface area contributed by atoms with Crippen molar-refractivity contribution >= 4 is 58.6 Å². The molecule has 0 saturated carbocycles. The molecule has 28 heteroatoms. The Balaban J connectivity index is 0.786. The van der Waals surface area contributed by atoms with Crippen LogP contribution in [-0.4, -0.2) is 190 Å². The molecule has 4 atom stereocenters. The summed E-state index contributed by atoms with van der Waals surface area (Å²) in [5.74, 6) is -0.617. The molecule has 7 N–H and O–H groups in total. The van der Waals surface area contributed by atoms with Gasteiger partial charge in [0.15, 0.2) is 5.78 Å². The van der Waals surface area contributed by atoms with Gasteiger partial charge < -0.3 is 65.4 Å². The minimum Gasteiger partial charge on any atom is -0.506 e. The van der Waals surface area contributed by atoms with Crippen molar-refractivity contribution in [2.24, 2.45) is 15.3 Å². The highest BCUT2D eigenvalue weighted by atomic mass is 32.2. The minimum absolute atomic E-state index is 0.0745. The first kappa shape index (κ1) is 67.2. The standard InChI is InChI=1S/C60H76N14O13S/c61-72-65-24-28-84-32-36-86-34-30-83-27-23-64-58(79)46-15-17-47(18-16-46)69-71-49-38-42(10-19-52(49)75)20-21-62-59(80)50(66-54(76)9-5-4-8-53-55-51(41-88-53)67-60(81)68-55)39-48-40-74(73-70-48)25-29-85-33-37-87-35-31-82-26-22-63-57(78)45-13-11-44(12-14-45)56(77)43-6-2-1-3-7-43/h1-3,6-7,10-19,38,40,50-51,53,55,75H,4-5,8-9,20-37,39,41H2,(H,62,80)(H,63,78)(H,64,79)(H,66,76)(H2,67,68,81)/t50?,51-,53-,55-/m0/s1. The number of carbonyl (C=O) groups excluding carboxylic acids is 6. The molecule has 27 nitrogen and oxygen atoms in total. The van der Waals surface area contributed by atoms with Crippen molar-refractivity contribution < 1.29 is 62.3 Å². The number of ether oxygens (including phenoxy) is 6. The number of azide groups is 1. The number of nitrogens with one attached hydrogen (secondary N) is 6. The summed E-state index contributed by atoms with van der Waals surface area (Å²) in [6.07, 6.45) is 4.58. The summed E-state index contributed by atoms with van der Waals surface area (Å²) < 4.78 is 34.7. The van der Waals surface area contributed by atoms with E-state index in [9.17, 15) is 33.9 Å². The van der Waals surface area contributed by atoms with E-state index in [1.165, 1.54) is 6.07 Å². The largest absolute Gasteiger partial charge is 0.506 e. The number of thioether (sulfide) groups is 1. The van der Waals surface area contributed by atoms with Crippen molar-refractivity contribution in [3.8, 4) is 5.75 Å². The molecule has 470 valence electrons. The molecule has 2 aliphatic rings. The number of urea groups is 1. The fourth-order valence-corrected chi connectivity index (χ4v) is 10.7. The molecule has 2 saturated heterocycles. The predicted molar refractivity (Wildman–Crippen MR) is 325 cm³/mol. The van der Waals surface area contributed by atoms with Gasteiger partial charge in [0.05, 0.1) is 109 Å². The second-order valence-corrected chi connectivity index (χ2v) is 21.5. The maximum atomic E-state index is 13.8. The molecule has 2 fully saturated rings. The number of rotatable bonds is 42. The molecule has 2 aliphatic heterocycles. The molecule has 0 spiro atoms. The number of aromatic nitrogens is 3. The van der Waals surface area contributed by atoms with Crippen molar-refractivity contribution in [3.63, 3.8) is 0 Å². The Labute approximate surface area is 513 Å². The lowest BCUT2D eigenvalue weighted by Crippen LogP contribution is -2.48. The highest BCUT2D eigenvalue weighted by Gasteiger charge is 2.42. The molecule has 0 bridgehead atoms. The molecular formula is C60H76N14O13S. The highest BCUT2D eigenvalue weighted by Crippen LogP contribution is 2.33. The molecule has 1 aromatic heterocycles. The molecule has 88 heavy (non-hydrogen) atoms. The van der Waals surface area contributed by atoms with E-state index in [0.29, 0.717) is 145 Å². The van der Waals surface area contributed by atoms with Crippen molar-refractivity contribution in [2.75, 3.05) is 111 Å². The monoisotopic (exact) mass is 1230 g/mol. The number of ketones is 1. The Kier molecular flexibility index (Phi) is 29.0. The van der Waals surface area contributed by atoms with Crippen molar-refractivity contribution in [3.05, 3.63) is 147 Å². The lowest BCUT2D eigenvalue weighted by Gasteiger charge is -2.18. The summed E-state index contributed by atoms with van der Waals surface area (Å²) in [5.41, 5.74) is 12.1. The first-order chi connectivity index (χ1) is 43.0. The van der Waals surface area contributed by atoms with E-state index in [0.717, 1.165) is 24.2 Å². The zero-order valence-electron chi connectivity index (χ0n) is 48.9. The van der Waals surface area contributed by atoms with Crippen LogP contribution in [0, 0.1) is 0 Å². The van der Waals surface area contributed by atoms with Gasteiger partial charge in [-0.05, 0) is 78.9 Å². The third-order valence-electron chi connectivity index (χ3n) is 13.7. The van der Waals surface area contributed by atoms with Crippen LogP contribution in [-0.2, 0) is 57.4 Å². The lowest BCUT2D eigenvalue weighted by molar-refractivity contribution is -0.129. The molecule has 0 radical (unpaired) electrons. The smallest absolute Gasteiger partial charge is 0.315 e. The van der Waals surface area contributed by atoms with Crippen molar-refractivity contribution in [2.45, 2.75) is 68.4 Å². The van der Waals surface area contributed by atoms with Crippen LogP contribution >= 0.6 is 11.8 Å². The molecule has 4 aromatic carbocycles. The number of unbranched alkanes of at least 4 members (excludes halogenated alkanes) is 1. The molecule has 6 amide bonds. The zero-order valence-corrected chi connectivity index (χ0v) is 49.7. The molecule has 3 heterocycles. The van der Waals surface area contributed by atoms with Gasteiger partial charge in [-0.3, -0.25) is 24.0 Å². The van der Waals surface area contributed by atoms with Crippen LogP contribution in [0.1, 0.15) is 73.6 Å². The van der Waals surface area contributed by atoms with Crippen LogP contribution in [0.15, 0.2) is 119 Å². The summed E-state index contributed by atoms with van der Waals surface area (Å²) in [4.78, 5) is 79.6. The second kappa shape index (κ2) is 38.0. The van der Waals surface area contributed by atoms with E-state index in [1.54, 1.807) is 95.8 Å². The first-order valence-electron chi connectivity index (χ1n) is 29.2. The zero-order chi connectivity index (χ0) is 62.0. The number of nitrogens with zero attached hydrogens (tertiary/aromatic N) is 8. The molecule has 1 unspecified atom stereocenters. The summed E-state index contributed by atoms with van der Waals surface area (Å²) in [6.45, 7) is 5.44. The van der Waals surface area contributed by atoms with Gasteiger partial charge in [-0.1, -0.05) is 65.3 Å². The maximum Gasteiger partial charge on any atom is 0.315 e. The second-order valence-electron chi connectivity index (χ2n) is 20.2. The summed E-state index contributed by atoms with van der Waals surface area (Å²) >= 11 is 1.82. The van der Waals surface area contributed by atoms with Gasteiger partial charge in [0.1, 0.15) is 17.5 Å². The number of azo groups is 1. The Morgan fingerprint density at radius 3 is 1.99 bits per heavy atom. The van der Waals surface area contributed by atoms with Crippen LogP contribution in [0.3, 0.4) is 0 Å². The molecule has 7 rings (SSSR count). The quantitative estimate of drug-likeness (QED) is 0.00650. The summed E-state index contributed by atoms with van der Waals surface area (Å²) in [7, 11) is 0. The number of hydrogen-bond donors (Lipinski definition) is 7. The normalized spacial score (nSPS) is 15.4. The number of phenolic OH excluding ortho intramolecular Hbond substituents is 1. The molecule has 0 aliphatic carbocycles. The van der Waals surface area contributed by atoms with Gasteiger partial charge in [0.2, 0.25) is 11.8 Å². The maximum absolute atomic E-state index is 13.8. The molecular weight excluding hydrogens is 1160 g/mol. The van der Waals surface area contributed by atoms with E-state index in [1.807, 2.05) is 17.8 Å². The van der Waals surface area contributed by atoms with Gasteiger partial charge in [0, 0.05) is 83.4 Å². The Morgan fingerprint density at radius 2 is 1.32 bits per heavy atom. The SMILES string of the molecule is [N-]=[N+]=NCCOCCOCCOCCNC(=O)c1ccc(N=Nc2cc(CCNC(=O)C(Cc3cn(CCOCCOCCOCCNC(=O)c4ccc(C(=O)c5ccccc5)cc4)nn3)NC(=O)CCCC[C@@H]3SC[C@@H]4NC(=O)N[C@@H]43)ccc2O)cc1. The summed E-state index contributed by atoms with van der Waals surface area (Å²) in [5, 5.41) is 48.7. The number of hydrogen-bond acceptors (Lipinski definition) is 19. The fourth-order valence-electron chi connectivity index (χ4n) is 9.15. The van der Waals surface area contributed by atoms with Gasteiger partial charge in [0.25, 0.3) is 11.8 Å². The van der Waals surface area contributed by atoms with Gasteiger partial charge in [-0.2, -0.15) is 16.9 Å². The number of aromatic hydroxyl groups is 1. The minimum atomic E-state index is -0.962. The summed E-state index contributed by atoms with van der Waals surface area (Å²) in [6, 6.07) is 25.9. The number of carbonyl (C=O) groups is 6. The molecule has 5 aromatic rings. The predicted octanol–water partition coefficient (Wildman–Crippen LogP) is 5.31. The van der Waals surface area contributed by atoms with E-state index in [2.05, 4.69) is 62.5 Å². The van der Waals surface area contributed by atoms with Crippen LogP contribution in [0.2, 0.25) is 0 Å². The first-order valence-corrected chi connectivity index (χ1v) is 30.3. The van der Waals surface area contributed by atoms with Crippen LogP contribution in [0.4, 0.5) is 16.2 Å². The van der Waals surface area contributed by atoms with Gasteiger partial charge >= 0.3 is 6.03 Å². The number of fused-ring (bicyclic) bond motifs is 1. The van der Waals surface area contributed by atoms with E-state index < -0.39 is 11.9 Å². The topological polar surface area (TPSA) is 354 Å². The van der Waals surface area contributed by atoms with Crippen molar-refractivity contribution in [1.29, 1.82) is 0 Å².